The fourth-order valence-corrected chi connectivity index (χ4v) is 5.24. The number of nitro groups is 1. The molecule has 2 aromatic carbocycles. The summed E-state index contributed by atoms with van der Waals surface area (Å²) >= 11 is 6.64. The van der Waals surface area contributed by atoms with Gasteiger partial charge in [0.25, 0.3) is 5.69 Å². The summed E-state index contributed by atoms with van der Waals surface area (Å²) in [6, 6.07) is 13.1. The summed E-state index contributed by atoms with van der Waals surface area (Å²) in [4.78, 5) is 24.1. The SMILES string of the molecule is Cn1[nH]cc2c3c(ccc21)nc1cc(Br)cnc13.Cn1ncc2c(-c3ncc(Br)cc3[N+](=O)[O-])cccc21. The third kappa shape index (κ3) is 4.02. The molecule has 0 aliphatic heterocycles. The summed E-state index contributed by atoms with van der Waals surface area (Å²) in [5, 5.41) is 21.7. The maximum absolute atomic E-state index is 11.2. The Morgan fingerprint density at radius 1 is 0.921 bits per heavy atom. The number of H-pyrrole nitrogens is 1. The lowest BCUT2D eigenvalue weighted by atomic mass is 10.1. The molecule has 0 bridgehead atoms. The van der Waals surface area contributed by atoms with E-state index < -0.39 is 4.92 Å². The number of aromatic nitrogens is 7. The van der Waals surface area contributed by atoms with Gasteiger partial charge in [0.15, 0.2) is 0 Å². The molecule has 0 aliphatic carbocycles. The third-order valence-electron chi connectivity index (χ3n) is 6.35. The molecule has 0 saturated carbocycles. The zero-order valence-corrected chi connectivity index (χ0v) is 23.2. The van der Waals surface area contributed by atoms with Gasteiger partial charge >= 0.3 is 0 Å². The lowest BCUT2D eigenvalue weighted by Crippen LogP contribution is -1.95. The lowest BCUT2D eigenvalue weighted by Gasteiger charge is -2.04. The normalized spacial score (nSPS) is 11.4. The number of benzene rings is 2. The molecule has 5 heterocycles. The predicted octanol–water partition coefficient (Wildman–Crippen LogP) is 6.67. The second kappa shape index (κ2) is 9.30. The Balaban J connectivity index is 0.000000140. The van der Waals surface area contributed by atoms with Crippen LogP contribution in [-0.4, -0.2) is 39.4 Å². The van der Waals surface area contributed by atoms with Gasteiger partial charge in [0.1, 0.15) is 5.69 Å². The Labute approximate surface area is 231 Å². The molecule has 188 valence electrons. The number of halogens is 2. The molecule has 0 amide bonds. The fourth-order valence-electron chi connectivity index (χ4n) is 4.60. The van der Waals surface area contributed by atoms with Crippen molar-refractivity contribution in [2.75, 3.05) is 0 Å². The van der Waals surface area contributed by atoms with Gasteiger partial charge in [0, 0.05) is 69.4 Å². The van der Waals surface area contributed by atoms with Crippen molar-refractivity contribution >= 4 is 81.3 Å². The summed E-state index contributed by atoms with van der Waals surface area (Å²) in [5.41, 5.74) is 5.95. The monoisotopic (exact) mass is 632 g/mol. The van der Waals surface area contributed by atoms with Crippen molar-refractivity contribution < 1.29 is 4.92 Å². The quantitative estimate of drug-likeness (QED) is 0.168. The molecule has 0 atom stereocenters. The average molecular weight is 634 g/mol. The molecule has 0 aliphatic rings. The fraction of sp³-hybridized carbons (Fsp3) is 0.0769. The molecule has 0 fully saturated rings. The van der Waals surface area contributed by atoms with Crippen molar-refractivity contribution in [2.45, 2.75) is 0 Å². The van der Waals surface area contributed by atoms with Crippen LogP contribution in [-0.2, 0) is 14.1 Å². The van der Waals surface area contributed by atoms with Gasteiger partial charge in [-0.3, -0.25) is 24.5 Å². The summed E-state index contributed by atoms with van der Waals surface area (Å²) in [7, 11) is 3.83. The van der Waals surface area contributed by atoms with Gasteiger partial charge in [-0.05, 0) is 56.1 Å². The first-order valence-electron chi connectivity index (χ1n) is 11.4. The van der Waals surface area contributed by atoms with E-state index in [9.17, 15) is 10.1 Å². The topological polar surface area (TPSA) is 120 Å². The van der Waals surface area contributed by atoms with E-state index in [1.165, 1.54) is 6.07 Å². The summed E-state index contributed by atoms with van der Waals surface area (Å²) in [6.45, 7) is 0. The van der Waals surface area contributed by atoms with Gasteiger partial charge in [0.05, 0.1) is 38.7 Å². The van der Waals surface area contributed by atoms with Crippen molar-refractivity contribution in [1.29, 1.82) is 0 Å². The zero-order valence-electron chi connectivity index (χ0n) is 20.1. The van der Waals surface area contributed by atoms with E-state index in [1.54, 1.807) is 17.1 Å². The highest BCUT2D eigenvalue weighted by Crippen LogP contribution is 2.34. The van der Waals surface area contributed by atoms with Gasteiger partial charge in [-0.2, -0.15) is 5.10 Å². The number of aryl methyl sites for hydroxylation is 2. The van der Waals surface area contributed by atoms with Gasteiger partial charge in [-0.1, -0.05) is 12.1 Å². The Kier molecular flexibility index (Phi) is 5.92. The highest BCUT2D eigenvalue weighted by molar-refractivity contribution is 9.10. The molecule has 1 N–H and O–H groups in total. The molecule has 0 radical (unpaired) electrons. The molecular weight excluding hydrogens is 616 g/mol. The molecule has 38 heavy (non-hydrogen) atoms. The Hall–Kier alpha value is -4.16. The van der Waals surface area contributed by atoms with Gasteiger partial charge < -0.3 is 5.10 Å². The first kappa shape index (κ1) is 24.2. The van der Waals surface area contributed by atoms with E-state index in [0.29, 0.717) is 15.7 Å². The number of aromatic amines is 1. The zero-order chi connectivity index (χ0) is 26.6. The Morgan fingerprint density at radius 3 is 2.53 bits per heavy atom. The van der Waals surface area contributed by atoms with Crippen LogP contribution in [0.4, 0.5) is 5.69 Å². The standard InChI is InChI=1S/C13H9BrN4O2.C13H9BrN4/c1-17-11-4-2-3-9(10(11)7-16-17)13-12(18(19)20)5-8(14)6-15-13;1-18-11-3-2-9-12(8(11)6-16-18)13-10(17-9)4-7(14)5-15-13/h2-7H,1H3;2-6,16H,1H3. The Morgan fingerprint density at radius 2 is 1.71 bits per heavy atom. The van der Waals surface area contributed by atoms with Crippen LogP contribution in [0.2, 0.25) is 0 Å². The minimum atomic E-state index is -0.428. The second-order valence-electron chi connectivity index (χ2n) is 8.64. The van der Waals surface area contributed by atoms with Crippen LogP contribution in [0.1, 0.15) is 0 Å². The number of nitrogens with zero attached hydrogens (tertiary/aromatic N) is 7. The third-order valence-corrected chi connectivity index (χ3v) is 7.22. The van der Waals surface area contributed by atoms with Crippen LogP contribution in [0.25, 0.3) is 55.0 Å². The number of hydrogen-bond donors (Lipinski definition) is 1. The molecule has 0 spiro atoms. The van der Waals surface area contributed by atoms with Gasteiger partial charge in [-0.25, -0.2) is 9.97 Å². The van der Waals surface area contributed by atoms with Crippen LogP contribution in [0.15, 0.2) is 76.2 Å². The smallest absolute Gasteiger partial charge is 0.296 e. The lowest BCUT2D eigenvalue weighted by molar-refractivity contribution is -0.384. The number of hydrogen-bond acceptors (Lipinski definition) is 6. The molecular formula is C26H18Br2N8O2. The molecule has 5 aromatic heterocycles. The molecule has 12 heteroatoms. The van der Waals surface area contributed by atoms with Crippen LogP contribution in [0.3, 0.4) is 0 Å². The van der Waals surface area contributed by atoms with E-state index in [-0.39, 0.29) is 5.69 Å². The highest BCUT2D eigenvalue weighted by atomic mass is 79.9. The summed E-state index contributed by atoms with van der Waals surface area (Å²) in [6.07, 6.45) is 7.06. The number of pyridine rings is 2. The van der Waals surface area contributed by atoms with Crippen molar-refractivity contribution in [3.63, 3.8) is 0 Å². The molecule has 10 nitrogen and oxygen atoms in total. The first-order valence-corrected chi connectivity index (χ1v) is 13.0. The van der Waals surface area contributed by atoms with Crippen LogP contribution < -0.4 is 0 Å². The summed E-state index contributed by atoms with van der Waals surface area (Å²) < 4.78 is 5.25. The van der Waals surface area contributed by atoms with Crippen molar-refractivity contribution in [3.8, 4) is 11.3 Å². The molecule has 7 rings (SSSR count). The van der Waals surface area contributed by atoms with E-state index in [2.05, 4.69) is 63.1 Å². The first-order chi connectivity index (χ1) is 18.3. The van der Waals surface area contributed by atoms with E-state index in [1.807, 2.05) is 61.5 Å². The van der Waals surface area contributed by atoms with E-state index in [0.717, 1.165) is 48.2 Å². The van der Waals surface area contributed by atoms with E-state index in [4.69, 9.17) is 0 Å². The maximum atomic E-state index is 11.2. The van der Waals surface area contributed by atoms with Crippen molar-refractivity contribution in [2.24, 2.45) is 14.1 Å². The molecule has 7 aromatic rings. The summed E-state index contributed by atoms with van der Waals surface area (Å²) in [5.74, 6) is 0. The minimum absolute atomic E-state index is 0.0317. The number of nitrogens with one attached hydrogen (secondary N) is 1. The Bertz CT molecular complexity index is 2030. The highest BCUT2D eigenvalue weighted by Gasteiger charge is 2.20. The van der Waals surface area contributed by atoms with Gasteiger partial charge in [0.2, 0.25) is 0 Å². The van der Waals surface area contributed by atoms with Crippen LogP contribution in [0.5, 0.6) is 0 Å². The number of rotatable bonds is 2. The van der Waals surface area contributed by atoms with Crippen LogP contribution >= 0.6 is 31.9 Å². The van der Waals surface area contributed by atoms with Crippen molar-refractivity contribution in [1.82, 2.24) is 34.5 Å². The number of fused-ring (bicyclic) bond motifs is 6. The molecule has 0 unspecified atom stereocenters. The maximum Gasteiger partial charge on any atom is 0.296 e. The second-order valence-corrected chi connectivity index (χ2v) is 10.5. The molecule has 0 saturated heterocycles. The minimum Gasteiger partial charge on any atom is -0.305 e. The average Bonchev–Trinajstić information content (AvgIpc) is 3.58. The largest absolute Gasteiger partial charge is 0.305 e. The van der Waals surface area contributed by atoms with Crippen molar-refractivity contribution in [3.05, 3.63) is 86.3 Å². The van der Waals surface area contributed by atoms with E-state index >= 15 is 0 Å². The van der Waals surface area contributed by atoms with Crippen LogP contribution in [0, 0.1) is 10.1 Å². The van der Waals surface area contributed by atoms with Gasteiger partial charge in [-0.15, -0.1) is 0 Å². The predicted molar refractivity (Wildman–Crippen MR) is 154 cm³/mol.